The Bertz CT molecular complexity index is 1340. The summed E-state index contributed by atoms with van der Waals surface area (Å²) in [5, 5.41) is 2.74. The Morgan fingerprint density at radius 2 is 1.53 bits per heavy atom. The van der Waals surface area contributed by atoms with E-state index in [9.17, 15) is 18.0 Å². The number of hydrogen-bond donors (Lipinski definition) is 2. The van der Waals surface area contributed by atoms with Gasteiger partial charge in [0.05, 0.1) is 4.90 Å². The Morgan fingerprint density at radius 1 is 0.895 bits per heavy atom. The van der Waals surface area contributed by atoms with Gasteiger partial charge in [-0.05, 0) is 68.1 Å². The summed E-state index contributed by atoms with van der Waals surface area (Å²) in [6, 6.07) is 21.6. The summed E-state index contributed by atoms with van der Waals surface area (Å²) in [5.74, 6) is -0.0315. The lowest BCUT2D eigenvalue weighted by atomic mass is 10.1. The molecule has 200 valence electrons. The number of ether oxygens (including phenoxy) is 1. The zero-order valence-electron chi connectivity index (χ0n) is 21.5. The van der Waals surface area contributed by atoms with Gasteiger partial charge in [0.25, 0.3) is 11.8 Å². The Hall–Kier alpha value is -3.73. The van der Waals surface area contributed by atoms with Crippen LogP contribution >= 0.6 is 0 Å². The summed E-state index contributed by atoms with van der Waals surface area (Å²) in [7, 11) is -1.69. The highest BCUT2D eigenvalue weighted by atomic mass is 32.2. The molecule has 3 aromatic carbocycles. The van der Waals surface area contributed by atoms with Gasteiger partial charge in [0.2, 0.25) is 10.0 Å². The van der Waals surface area contributed by atoms with Crippen molar-refractivity contribution in [3.05, 3.63) is 90.0 Å². The normalized spacial score (nSPS) is 15.1. The average molecular weight is 537 g/mol. The number of carbonyl (C=O) groups is 2. The smallest absolute Gasteiger partial charge is 0.262 e. The van der Waals surface area contributed by atoms with E-state index < -0.39 is 10.0 Å². The van der Waals surface area contributed by atoms with Crippen molar-refractivity contribution in [2.24, 2.45) is 0 Å². The molecule has 0 aliphatic carbocycles. The van der Waals surface area contributed by atoms with E-state index in [0.29, 0.717) is 30.1 Å². The van der Waals surface area contributed by atoms with Crippen molar-refractivity contribution in [1.29, 1.82) is 0 Å². The van der Waals surface area contributed by atoms with Crippen LogP contribution in [0.3, 0.4) is 0 Å². The molecular weight excluding hydrogens is 504 g/mol. The molecule has 0 bridgehead atoms. The molecule has 4 rings (SSSR count). The van der Waals surface area contributed by atoms with Crippen molar-refractivity contribution >= 4 is 27.5 Å². The van der Waals surface area contributed by atoms with Crippen molar-refractivity contribution in [3.63, 3.8) is 0 Å². The van der Waals surface area contributed by atoms with Crippen LogP contribution in [0.2, 0.25) is 0 Å². The van der Waals surface area contributed by atoms with Gasteiger partial charge in [-0.25, -0.2) is 13.1 Å². The van der Waals surface area contributed by atoms with Crippen LogP contribution in [0.4, 0.5) is 5.69 Å². The largest absolute Gasteiger partial charge is 0.484 e. The first-order valence-electron chi connectivity index (χ1n) is 12.4. The van der Waals surface area contributed by atoms with Crippen LogP contribution in [0.1, 0.15) is 28.9 Å². The van der Waals surface area contributed by atoms with E-state index in [1.807, 2.05) is 42.3 Å². The molecule has 9 nitrogen and oxygen atoms in total. The molecule has 1 aliphatic rings. The van der Waals surface area contributed by atoms with Gasteiger partial charge in [-0.15, -0.1) is 0 Å². The number of rotatable bonds is 9. The number of likely N-dealkylation sites (N-methyl/N-ethyl adjacent to an activating group) is 1. The van der Waals surface area contributed by atoms with Crippen molar-refractivity contribution in [2.75, 3.05) is 45.2 Å². The van der Waals surface area contributed by atoms with Crippen molar-refractivity contribution in [1.82, 2.24) is 14.5 Å². The summed E-state index contributed by atoms with van der Waals surface area (Å²) in [4.78, 5) is 29.1. The zero-order chi connectivity index (χ0) is 27.1. The molecule has 0 saturated carbocycles. The molecule has 1 fully saturated rings. The lowest BCUT2D eigenvalue weighted by molar-refractivity contribution is -0.118. The Labute approximate surface area is 223 Å². The van der Waals surface area contributed by atoms with Crippen LogP contribution in [-0.2, 0) is 14.8 Å². The van der Waals surface area contributed by atoms with E-state index in [1.165, 1.54) is 24.3 Å². The van der Waals surface area contributed by atoms with Crippen LogP contribution in [0, 0.1) is 0 Å². The Balaban J connectivity index is 1.26. The summed E-state index contributed by atoms with van der Waals surface area (Å²) < 4.78 is 33.6. The number of nitrogens with zero attached hydrogens (tertiary/aromatic N) is 2. The zero-order valence-corrected chi connectivity index (χ0v) is 22.3. The first kappa shape index (κ1) is 27.3. The lowest BCUT2D eigenvalue weighted by Crippen LogP contribution is -2.47. The van der Waals surface area contributed by atoms with E-state index in [4.69, 9.17) is 4.74 Å². The minimum Gasteiger partial charge on any atom is -0.484 e. The monoisotopic (exact) mass is 536 g/mol. The second-order valence-corrected chi connectivity index (χ2v) is 10.9. The predicted molar refractivity (Wildman–Crippen MR) is 146 cm³/mol. The highest BCUT2D eigenvalue weighted by Gasteiger charge is 2.21. The highest BCUT2D eigenvalue weighted by molar-refractivity contribution is 7.89. The number of piperazine rings is 1. The minimum absolute atomic E-state index is 0.0190. The second kappa shape index (κ2) is 12.2. The number of sulfonamides is 1. The fourth-order valence-corrected chi connectivity index (χ4v) is 5.29. The molecule has 1 heterocycles. The van der Waals surface area contributed by atoms with Gasteiger partial charge >= 0.3 is 0 Å². The third-order valence-corrected chi connectivity index (χ3v) is 7.90. The van der Waals surface area contributed by atoms with Gasteiger partial charge in [0.1, 0.15) is 5.75 Å². The SMILES string of the molecule is C[C@@H](NS(=O)(=O)c1ccc(OCC(=O)Nc2ccc(C(=O)N3CCN(C)CC3)cc2)cc1)c1ccccc1. The van der Waals surface area contributed by atoms with E-state index in [1.54, 1.807) is 31.2 Å². The Kier molecular flexibility index (Phi) is 8.77. The number of benzene rings is 3. The number of carbonyl (C=O) groups excluding carboxylic acids is 2. The second-order valence-electron chi connectivity index (χ2n) is 9.23. The third-order valence-electron chi connectivity index (χ3n) is 6.34. The van der Waals surface area contributed by atoms with Crippen molar-refractivity contribution in [3.8, 4) is 5.75 Å². The molecular formula is C28H32N4O5S. The standard InChI is InChI=1S/C28H32N4O5S/c1-21(22-6-4-3-5-7-22)30-38(35,36)26-14-12-25(13-15-26)37-20-27(33)29-24-10-8-23(9-11-24)28(34)32-18-16-31(2)17-19-32/h3-15,21,30H,16-20H2,1-2H3,(H,29,33)/t21-/m1/s1. The molecule has 3 aromatic rings. The summed E-state index contributed by atoms with van der Waals surface area (Å²) >= 11 is 0. The maximum atomic E-state index is 12.7. The molecule has 1 saturated heterocycles. The van der Waals surface area contributed by atoms with Gasteiger partial charge in [0.15, 0.2) is 6.61 Å². The highest BCUT2D eigenvalue weighted by Crippen LogP contribution is 2.20. The number of amides is 2. The van der Waals surface area contributed by atoms with Crippen LogP contribution in [-0.4, -0.2) is 69.9 Å². The first-order chi connectivity index (χ1) is 18.2. The van der Waals surface area contributed by atoms with Gasteiger partial charge in [-0.3, -0.25) is 9.59 Å². The van der Waals surface area contributed by atoms with Gasteiger partial charge < -0.3 is 19.9 Å². The first-order valence-corrected chi connectivity index (χ1v) is 13.9. The number of nitrogens with one attached hydrogen (secondary N) is 2. The molecule has 1 aliphatic heterocycles. The van der Waals surface area contributed by atoms with E-state index >= 15 is 0 Å². The van der Waals surface area contributed by atoms with Crippen molar-refractivity contribution in [2.45, 2.75) is 17.9 Å². The summed E-state index contributed by atoms with van der Waals surface area (Å²) in [6.45, 7) is 4.62. The van der Waals surface area contributed by atoms with E-state index in [0.717, 1.165) is 18.7 Å². The number of hydrogen-bond acceptors (Lipinski definition) is 6. The van der Waals surface area contributed by atoms with Crippen LogP contribution < -0.4 is 14.8 Å². The third kappa shape index (κ3) is 7.18. The quantitative estimate of drug-likeness (QED) is 0.435. The van der Waals surface area contributed by atoms with Gasteiger partial charge in [-0.2, -0.15) is 0 Å². The molecule has 10 heteroatoms. The molecule has 0 spiro atoms. The molecule has 1 atom stereocenters. The maximum Gasteiger partial charge on any atom is 0.262 e. The lowest BCUT2D eigenvalue weighted by Gasteiger charge is -2.32. The molecule has 0 aromatic heterocycles. The average Bonchev–Trinajstić information content (AvgIpc) is 2.93. The predicted octanol–water partition coefficient (Wildman–Crippen LogP) is 3.13. The van der Waals surface area contributed by atoms with Gasteiger partial charge in [0, 0.05) is 43.5 Å². The van der Waals surface area contributed by atoms with Gasteiger partial charge in [-0.1, -0.05) is 30.3 Å². The van der Waals surface area contributed by atoms with Crippen LogP contribution in [0.15, 0.2) is 83.8 Å². The molecule has 2 amide bonds. The molecule has 0 radical (unpaired) electrons. The van der Waals surface area contributed by atoms with E-state index in [-0.39, 0.29) is 29.4 Å². The fourth-order valence-electron chi connectivity index (χ4n) is 4.06. The van der Waals surface area contributed by atoms with Crippen molar-refractivity contribution < 1.29 is 22.7 Å². The summed E-state index contributed by atoms with van der Waals surface area (Å²) in [5.41, 5.74) is 1.98. The fraction of sp³-hybridized carbons (Fsp3) is 0.286. The van der Waals surface area contributed by atoms with E-state index in [2.05, 4.69) is 14.9 Å². The molecule has 2 N–H and O–H groups in total. The number of anilines is 1. The maximum absolute atomic E-state index is 12.7. The minimum atomic E-state index is -3.73. The molecule has 0 unspecified atom stereocenters. The van der Waals surface area contributed by atoms with Crippen LogP contribution in [0.5, 0.6) is 5.75 Å². The summed E-state index contributed by atoms with van der Waals surface area (Å²) in [6.07, 6.45) is 0. The Morgan fingerprint density at radius 3 is 2.16 bits per heavy atom. The molecule has 38 heavy (non-hydrogen) atoms. The van der Waals surface area contributed by atoms with Crippen LogP contribution in [0.25, 0.3) is 0 Å². The topological polar surface area (TPSA) is 108 Å².